The number of ether oxygens (including phenoxy) is 1. The van der Waals surface area contributed by atoms with Gasteiger partial charge in [-0.3, -0.25) is 4.72 Å². The third-order valence-corrected chi connectivity index (χ3v) is 4.90. The van der Waals surface area contributed by atoms with Crippen LogP contribution in [0.2, 0.25) is 0 Å². The van der Waals surface area contributed by atoms with E-state index in [4.69, 9.17) is 9.84 Å². The molecular formula is C14H18N2O4S. The molecule has 114 valence electrons. The van der Waals surface area contributed by atoms with E-state index in [0.717, 1.165) is 0 Å². The van der Waals surface area contributed by atoms with Crippen LogP contribution in [0.15, 0.2) is 18.2 Å². The molecule has 0 aromatic carbocycles. The second-order valence-electron chi connectivity index (χ2n) is 4.64. The van der Waals surface area contributed by atoms with E-state index in [0.29, 0.717) is 38.2 Å². The van der Waals surface area contributed by atoms with Crippen LogP contribution in [0.3, 0.4) is 0 Å². The standard InChI is InChI=1S/C14H18N2O4S/c17-9-2-1-4-12-5-3-6-14(15-12)16-21(18,19)13-7-10-20-11-8-13/h3,5-6,13,17H,2,7-11H2,(H,15,16). The highest BCUT2D eigenvalue weighted by Crippen LogP contribution is 2.18. The van der Waals surface area contributed by atoms with Crippen molar-refractivity contribution in [3.63, 3.8) is 0 Å². The number of aliphatic hydroxyl groups is 1. The molecule has 6 nitrogen and oxygen atoms in total. The highest BCUT2D eigenvalue weighted by molar-refractivity contribution is 7.93. The largest absolute Gasteiger partial charge is 0.395 e. The second kappa shape index (κ2) is 7.41. The minimum Gasteiger partial charge on any atom is -0.395 e. The summed E-state index contributed by atoms with van der Waals surface area (Å²) in [6.07, 6.45) is 1.34. The van der Waals surface area contributed by atoms with Crippen LogP contribution in [0, 0.1) is 11.8 Å². The average Bonchev–Trinajstić information content (AvgIpc) is 2.48. The van der Waals surface area contributed by atoms with Gasteiger partial charge < -0.3 is 9.84 Å². The lowest BCUT2D eigenvalue weighted by Gasteiger charge is -2.22. The third kappa shape index (κ3) is 4.70. The first-order valence-corrected chi connectivity index (χ1v) is 8.32. The number of pyridine rings is 1. The summed E-state index contributed by atoms with van der Waals surface area (Å²) in [6.45, 7) is 0.917. The Kier molecular flexibility index (Phi) is 5.56. The molecule has 2 heterocycles. The fraction of sp³-hybridized carbons (Fsp3) is 0.500. The van der Waals surface area contributed by atoms with E-state index in [9.17, 15) is 8.42 Å². The summed E-state index contributed by atoms with van der Waals surface area (Å²) in [5, 5.41) is 8.22. The van der Waals surface area contributed by atoms with Gasteiger partial charge in [0.1, 0.15) is 11.5 Å². The Morgan fingerprint density at radius 1 is 1.38 bits per heavy atom. The second-order valence-corrected chi connectivity index (χ2v) is 6.60. The number of sulfonamides is 1. The van der Waals surface area contributed by atoms with Gasteiger partial charge in [-0.2, -0.15) is 0 Å². The molecule has 0 amide bonds. The molecule has 1 fully saturated rings. The fourth-order valence-corrected chi connectivity index (χ4v) is 3.37. The molecule has 0 spiro atoms. The third-order valence-electron chi connectivity index (χ3n) is 3.06. The van der Waals surface area contributed by atoms with Gasteiger partial charge in [0.05, 0.1) is 11.9 Å². The van der Waals surface area contributed by atoms with Crippen molar-refractivity contribution in [1.82, 2.24) is 4.98 Å². The summed E-state index contributed by atoms with van der Waals surface area (Å²) < 4.78 is 32.2. The van der Waals surface area contributed by atoms with Crippen molar-refractivity contribution < 1.29 is 18.3 Å². The van der Waals surface area contributed by atoms with Crippen LogP contribution in [-0.2, 0) is 14.8 Å². The molecule has 0 unspecified atom stereocenters. The summed E-state index contributed by atoms with van der Waals surface area (Å²) in [7, 11) is -3.46. The van der Waals surface area contributed by atoms with Crippen LogP contribution < -0.4 is 4.72 Å². The van der Waals surface area contributed by atoms with Crippen molar-refractivity contribution >= 4 is 15.8 Å². The van der Waals surface area contributed by atoms with Crippen LogP contribution in [0.1, 0.15) is 25.0 Å². The quantitative estimate of drug-likeness (QED) is 0.801. The van der Waals surface area contributed by atoms with Crippen LogP contribution in [0.5, 0.6) is 0 Å². The van der Waals surface area contributed by atoms with E-state index < -0.39 is 15.3 Å². The SMILES string of the molecule is O=S(=O)(Nc1cccc(C#CCCO)n1)C1CCOCC1. The molecule has 1 aliphatic rings. The Hall–Kier alpha value is -1.62. The summed E-state index contributed by atoms with van der Waals surface area (Å²) in [5.74, 6) is 5.79. The number of nitrogens with zero attached hydrogens (tertiary/aromatic N) is 1. The van der Waals surface area contributed by atoms with Gasteiger partial charge in [-0.1, -0.05) is 12.0 Å². The minimum atomic E-state index is -3.46. The maximum Gasteiger partial charge on any atom is 0.236 e. The van der Waals surface area contributed by atoms with E-state index in [2.05, 4.69) is 21.5 Å². The van der Waals surface area contributed by atoms with Gasteiger partial charge >= 0.3 is 0 Å². The topological polar surface area (TPSA) is 88.5 Å². The maximum atomic E-state index is 12.3. The summed E-state index contributed by atoms with van der Waals surface area (Å²) in [6, 6.07) is 4.97. The highest BCUT2D eigenvalue weighted by Gasteiger charge is 2.27. The first-order chi connectivity index (χ1) is 10.1. The highest BCUT2D eigenvalue weighted by atomic mass is 32.2. The number of hydrogen-bond acceptors (Lipinski definition) is 5. The number of aliphatic hydroxyl groups excluding tert-OH is 1. The van der Waals surface area contributed by atoms with Gasteiger partial charge in [0.2, 0.25) is 10.0 Å². The Bertz CT molecular complexity index is 628. The maximum absolute atomic E-state index is 12.3. The number of rotatable bonds is 4. The van der Waals surface area contributed by atoms with E-state index in [1.807, 2.05) is 0 Å². The zero-order valence-electron chi connectivity index (χ0n) is 11.6. The van der Waals surface area contributed by atoms with Gasteiger partial charge in [0.15, 0.2) is 0 Å². The van der Waals surface area contributed by atoms with Crippen molar-refractivity contribution in [3.05, 3.63) is 23.9 Å². The molecule has 0 bridgehead atoms. The Balaban J connectivity index is 2.08. The lowest BCUT2D eigenvalue weighted by atomic mass is 10.2. The van der Waals surface area contributed by atoms with Crippen LogP contribution in [0.25, 0.3) is 0 Å². The zero-order valence-corrected chi connectivity index (χ0v) is 12.4. The molecule has 0 saturated carbocycles. The molecule has 2 N–H and O–H groups in total. The van der Waals surface area contributed by atoms with Gasteiger partial charge in [0, 0.05) is 19.6 Å². The van der Waals surface area contributed by atoms with E-state index in [1.54, 1.807) is 18.2 Å². The molecule has 0 atom stereocenters. The smallest absolute Gasteiger partial charge is 0.236 e. The average molecular weight is 310 g/mol. The molecule has 1 aromatic rings. The summed E-state index contributed by atoms with van der Waals surface area (Å²) in [4.78, 5) is 4.15. The van der Waals surface area contributed by atoms with Gasteiger partial charge in [0.25, 0.3) is 0 Å². The van der Waals surface area contributed by atoms with Crippen LogP contribution >= 0.6 is 0 Å². The number of aromatic nitrogens is 1. The fourth-order valence-electron chi connectivity index (χ4n) is 1.99. The normalized spacial score (nSPS) is 16.0. The Morgan fingerprint density at radius 3 is 2.86 bits per heavy atom. The lowest BCUT2D eigenvalue weighted by Crippen LogP contribution is -2.33. The van der Waals surface area contributed by atoms with E-state index in [1.165, 1.54) is 0 Å². The van der Waals surface area contributed by atoms with E-state index in [-0.39, 0.29) is 12.4 Å². The van der Waals surface area contributed by atoms with Crippen LogP contribution in [0.4, 0.5) is 5.82 Å². The van der Waals surface area contributed by atoms with Crippen LogP contribution in [-0.4, -0.2) is 43.6 Å². The Morgan fingerprint density at radius 2 is 2.14 bits per heavy atom. The molecule has 2 rings (SSSR count). The van der Waals surface area contributed by atoms with Crippen molar-refractivity contribution in [2.75, 3.05) is 24.5 Å². The molecule has 1 aromatic heterocycles. The molecule has 0 aliphatic carbocycles. The van der Waals surface area contributed by atoms with Crippen molar-refractivity contribution in [2.24, 2.45) is 0 Å². The molecule has 7 heteroatoms. The predicted octanol–water partition coefficient (Wildman–Crippen LogP) is 0.736. The van der Waals surface area contributed by atoms with Gasteiger partial charge in [-0.15, -0.1) is 0 Å². The number of hydrogen-bond donors (Lipinski definition) is 2. The molecule has 21 heavy (non-hydrogen) atoms. The summed E-state index contributed by atoms with van der Waals surface area (Å²) in [5.41, 5.74) is 0.468. The van der Waals surface area contributed by atoms with Crippen molar-refractivity contribution in [1.29, 1.82) is 0 Å². The number of nitrogens with one attached hydrogen (secondary N) is 1. The molecule has 1 saturated heterocycles. The summed E-state index contributed by atoms with van der Waals surface area (Å²) >= 11 is 0. The van der Waals surface area contributed by atoms with E-state index >= 15 is 0 Å². The first kappa shape index (κ1) is 15.8. The molecule has 1 aliphatic heterocycles. The predicted molar refractivity (Wildman–Crippen MR) is 79.2 cm³/mol. The zero-order chi connectivity index (χ0) is 15.1. The Labute approximate surface area is 124 Å². The first-order valence-electron chi connectivity index (χ1n) is 6.78. The molecular weight excluding hydrogens is 292 g/mol. The van der Waals surface area contributed by atoms with Crippen molar-refractivity contribution in [2.45, 2.75) is 24.5 Å². The van der Waals surface area contributed by atoms with Crippen molar-refractivity contribution in [3.8, 4) is 11.8 Å². The van der Waals surface area contributed by atoms with Gasteiger partial charge in [-0.25, -0.2) is 13.4 Å². The lowest BCUT2D eigenvalue weighted by molar-refractivity contribution is 0.0984. The monoisotopic (exact) mass is 310 g/mol. The molecule has 0 radical (unpaired) electrons. The number of anilines is 1. The minimum absolute atomic E-state index is 0.0108. The van der Waals surface area contributed by atoms with Gasteiger partial charge in [-0.05, 0) is 30.9 Å².